The van der Waals surface area contributed by atoms with Crippen LogP contribution in [0.4, 0.5) is 0 Å². The number of Topliss-reactive ketones (excluding diaryl/α,β-unsaturated/α-hetero) is 1. The first-order valence-corrected chi connectivity index (χ1v) is 10.2. The van der Waals surface area contributed by atoms with Gasteiger partial charge in [0.2, 0.25) is 0 Å². The molecule has 22 heavy (non-hydrogen) atoms. The van der Waals surface area contributed by atoms with Crippen molar-refractivity contribution in [3.05, 3.63) is 0 Å². The Hall–Kier alpha value is -0.330. The van der Waals surface area contributed by atoms with E-state index in [2.05, 4.69) is 13.8 Å². The summed E-state index contributed by atoms with van der Waals surface area (Å²) in [6.45, 7) is 4.66. The zero-order valence-electron chi connectivity index (χ0n) is 14.7. The van der Waals surface area contributed by atoms with Crippen molar-refractivity contribution in [2.45, 2.75) is 84.5 Å². The number of carbonyl (C=O) groups is 1. The van der Waals surface area contributed by atoms with Crippen LogP contribution in [0.15, 0.2) is 0 Å². The van der Waals surface area contributed by atoms with Crippen LogP contribution in [0.5, 0.6) is 0 Å². The molecular weight excluding hydrogens is 268 g/mol. The Labute approximate surface area is 136 Å². The zero-order valence-corrected chi connectivity index (χ0v) is 14.7. The van der Waals surface area contributed by atoms with Crippen LogP contribution in [-0.2, 0) is 4.79 Å². The monoisotopic (exact) mass is 302 g/mol. The third kappa shape index (κ3) is 2.21. The number of rotatable bonds is 2. The van der Waals surface area contributed by atoms with Crippen molar-refractivity contribution >= 4 is 5.78 Å². The van der Waals surface area contributed by atoms with Gasteiger partial charge in [0.25, 0.3) is 0 Å². The minimum Gasteiger partial charge on any atom is -0.299 e. The second-order valence-corrected chi connectivity index (χ2v) is 9.32. The van der Waals surface area contributed by atoms with Gasteiger partial charge in [-0.15, -0.1) is 0 Å². The average Bonchev–Trinajstić information content (AvgIpc) is 2.83. The Morgan fingerprint density at radius 3 is 2.64 bits per heavy atom. The van der Waals surface area contributed by atoms with Gasteiger partial charge in [-0.25, -0.2) is 0 Å². The van der Waals surface area contributed by atoms with E-state index in [9.17, 15) is 4.79 Å². The SMILES string of the molecule is CCCC1CCC2C(CCC3C2CCC2(C)C(=O)CCC32)C1. The summed E-state index contributed by atoms with van der Waals surface area (Å²) in [5.74, 6) is 6.31. The Kier molecular flexibility index (Phi) is 3.90. The van der Waals surface area contributed by atoms with Gasteiger partial charge in [-0.2, -0.15) is 0 Å². The van der Waals surface area contributed by atoms with E-state index < -0.39 is 0 Å². The second kappa shape index (κ2) is 5.64. The van der Waals surface area contributed by atoms with Crippen molar-refractivity contribution in [2.24, 2.45) is 40.9 Å². The molecule has 0 aromatic rings. The van der Waals surface area contributed by atoms with E-state index in [1.54, 1.807) is 0 Å². The van der Waals surface area contributed by atoms with E-state index in [0.717, 1.165) is 41.9 Å². The lowest BCUT2D eigenvalue weighted by molar-refractivity contribution is -0.133. The standard InChI is InChI=1S/C21H34O/c1-3-4-14-5-7-16-15(13-14)6-8-18-17(16)11-12-21(2)19(18)9-10-20(21)22/h14-19H,3-13H2,1-2H3. The maximum atomic E-state index is 12.4. The quantitative estimate of drug-likeness (QED) is 0.646. The van der Waals surface area contributed by atoms with Gasteiger partial charge in [-0.05, 0) is 80.5 Å². The molecule has 0 bridgehead atoms. The summed E-state index contributed by atoms with van der Waals surface area (Å²) < 4.78 is 0. The highest BCUT2D eigenvalue weighted by Crippen LogP contribution is 2.61. The first kappa shape index (κ1) is 15.2. The van der Waals surface area contributed by atoms with Gasteiger partial charge < -0.3 is 0 Å². The molecule has 7 atom stereocenters. The highest BCUT2D eigenvalue weighted by molar-refractivity contribution is 5.87. The normalized spacial score (nSPS) is 51.1. The fraction of sp³-hybridized carbons (Fsp3) is 0.952. The Bertz CT molecular complexity index is 441. The number of carbonyl (C=O) groups excluding carboxylic acids is 1. The molecule has 4 saturated carbocycles. The molecule has 4 aliphatic carbocycles. The van der Waals surface area contributed by atoms with Crippen molar-refractivity contribution in [1.82, 2.24) is 0 Å². The van der Waals surface area contributed by atoms with Crippen LogP contribution in [-0.4, -0.2) is 5.78 Å². The summed E-state index contributed by atoms with van der Waals surface area (Å²) in [7, 11) is 0. The van der Waals surface area contributed by atoms with Crippen molar-refractivity contribution in [2.75, 3.05) is 0 Å². The molecule has 0 aliphatic heterocycles. The van der Waals surface area contributed by atoms with Crippen LogP contribution in [0.3, 0.4) is 0 Å². The van der Waals surface area contributed by atoms with E-state index in [1.165, 1.54) is 64.2 Å². The van der Waals surface area contributed by atoms with Crippen LogP contribution in [0.25, 0.3) is 0 Å². The van der Waals surface area contributed by atoms with Crippen molar-refractivity contribution in [3.8, 4) is 0 Å². The molecular formula is C21H34O. The highest BCUT2D eigenvalue weighted by Gasteiger charge is 2.56. The summed E-state index contributed by atoms with van der Waals surface area (Å²) in [6, 6.07) is 0. The maximum absolute atomic E-state index is 12.4. The Balaban J connectivity index is 1.50. The fourth-order valence-corrected chi connectivity index (χ4v) is 7.39. The van der Waals surface area contributed by atoms with Gasteiger partial charge in [0.15, 0.2) is 0 Å². The number of hydrogen-bond acceptors (Lipinski definition) is 1. The van der Waals surface area contributed by atoms with Crippen LogP contribution in [0.2, 0.25) is 0 Å². The summed E-state index contributed by atoms with van der Waals surface area (Å²) in [4.78, 5) is 12.4. The number of hydrogen-bond donors (Lipinski definition) is 0. The topological polar surface area (TPSA) is 17.1 Å². The van der Waals surface area contributed by atoms with Gasteiger partial charge >= 0.3 is 0 Å². The molecule has 0 saturated heterocycles. The van der Waals surface area contributed by atoms with E-state index in [0.29, 0.717) is 5.78 Å². The smallest absolute Gasteiger partial charge is 0.139 e. The average molecular weight is 303 g/mol. The van der Waals surface area contributed by atoms with Gasteiger partial charge in [0.1, 0.15) is 5.78 Å². The predicted octanol–water partition coefficient (Wildman–Crippen LogP) is 5.62. The van der Waals surface area contributed by atoms with Crippen LogP contribution in [0, 0.1) is 40.9 Å². The van der Waals surface area contributed by atoms with E-state index >= 15 is 0 Å². The molecule has 0 spiro atoms. The van der Waals surface area contributed by atoms with Gasteiger partial charge in [-0.1, -0.05) is 33.1 Å². The fourth-order valence-electron chi connectivity index (χ4n) is 7.39. The van der Waals surface area contributed by atoms with Gasteiger partial charge in [0, 0.05) is 11.8 Å². The van der Waals surface area contributed by atoms with E-state index in [1.807, 2.05) is 0 Å². The molecule has 4 fully saturated rings. The molecule has 124 valence electrons. The third-order valence-corrected chi connectivity index (χ3v) is 8.47. The van der Waals surface area contributed by atoms with Crippen molar-refractivity contribution in [1.29, 1.82) is 0 Å². The van der Waals surface area contributed by atoms with Crippen molar-refractivity contribution < 1.29 is 4.79 Å². The highest BCUT2D eigenvalue weighted by atomic mass is 16.1. The number of ketones is 1. The molecule has 4 rings (SSSR count). The molecule has 0 radical (unpaired) electrons. The predicted molar refractivity (Wildman–Crippen MR) is 90.5 cm³/mol. The molecule has 0 N–H and O–H groups in total. The minimum atomic E-state index is 0.0768. The molecule has 0 amide bonds. The molecule has 1 nitrogen and oxygen atoms in total. The first-order valence-electron chi connectivity index (χ1n) is 10.2. The largest absolute Gasteiger partial charge is 0.299 e. The van der Waals surface area contributed by atoms with Crippen molar-refractivity contribution in [3.63, 3.8) is 0 Å². The van der Waals surface area contributed by atoms with E-state index in [-0.39, 0.29) is 5.41 Å². The summed E-state index contributed by atoms with van der Waals surface area (Å²) in [6.07, 6.45) is 15.0. The lowest BCUT2D eigenvalue weighted by Crippen LogP contribution is -2.48. The molecule has 0 aromatic heterocycles. The van der Waals surface area contributed by atoms with Gasteiger partial charge in [0.05, 0.1) is 0 Å². The first-order chi connectivity index (χ1) is 10.6. The molecule has 1 heteroatoms. The van der Waals surface area contributed by atoms with Crippen LogP contribution < -0.4 is 0 Å². The van der Waals surface area contributed by atoms with Crippen LogP contribution >= 0.6 is 0 Å². The van der Waals surface area contributed by atoms with Crippen LogP contribution in [0.1, 0.15) is 84.5 Å². The van der Waals surface area contributed by atoms with Gasteiger partial charge in [-0.3, -0.25) is 4.79 Å². The lowest BCUT2D eigenvalue weighted by Gasteiger charge is -2.55. The summed E-state index contributed by atoms with van der Waals surface area (Å²) >= 11 is 0. The Morgan fingerprint density at radius 2 is 1.82 bits per heavy atom. The molecule has 0 heterocycles. The molecule has 0 aromatic carbocycles. The summed E-state index contributed by atoms with van der Waals surface area (Å²) in [5.41, 5.74) is 0.0768. The maximum Gasteiger partial charge on any atom is 0.139 e. The lowest BCUT2D eigenvalue weighted by atomic mass is 9.50. The van der Waals surface area contributed by atoms with E-state index in [4.69, 9.17) is 0 Å². The minimum absolute atomic E-state index is 0.0768. The third-order valence-electron chi connectivity index (χ3n) is 8.47. The number of fused-ring (bicyclic) bond motifs is 5. The summed E-state index contributed by atoms with van der Waals surface area (Å²) in [5, 5.41) is 0. The Morgan fingerprint density at radius 1 is 1.00 bits per heavy atom. The zero-order chi connectivity index (χ0) is 15.3. The molecule has 4 aliphatic rings. The second-order valence-electron chi connectivity index (χ2n) is 9.32. The molecule has 7 unspecified atom stereocenters.